The Hall–Kier alpha value is -2.53. The zero-order chi connectivity index (χ0) is 14.8. The molecule has 3 rings (SSSR count). The second-order valence-corrected chi connectivity index (χ2v) is 5.17. The van der Waals surface area contributed by atoms with E-state index in [4.69, 9.17) is 18.0 Å². The van der Waals surface area contributed by atoms with Gasteiger partial charge in [0, 0.05) is 17.5 Å². The first-order valence-electron chi connectivity index (χ1n) is 6.53. The highest BCUT2D eigenvalue weighted by atomic mass is 32.1. The van der Waals surface area contributed by atoms with Gasteiger partial charge in [-0.1, -0.05) is 42.5 Å². The van der Waals surface area contributed by atoms with E-state index in [1.807, 2.05) is 61.8 Å². The Kier molecular flexibility index (Phi) is 3.50. The van der Waals surface area contributed by atoms with E-state index >= 15 is 0 Å². The number of hydrogen-bond donors (Lipinski definition) is 1. The van der Waals surface area contributed by atoms with Crippen molar-refractivity contribution in [1.29, 1.82) is 0 Å². The van der Waals surface area contributed by atoms with Crippen LogP contribution in [0.1, 0.15) is 11.3 Å². The third-order valence-electron chi connectivity index (χ3n) is 3.19. The lowest BCUT2D eigenvalue weighted by Crippen LogP contribution is -2.15. The number of nitrogens with two attached hydrogens (primary N) is 1. The Balaban J connectivity index is 2.08. The van der Waals surface area contributed by atoms with Gasteiger partial charge in [0.15, 0.2) is 5.82 Å². The van der Waals surface area contributed by atoms with Gasteiger partial charge in [-0.2, -0.15) is 5.10 Å². The van der Waals surface area contributed by atoms with E-state index in [2.05, 4.69) is 10.1 Å². The summed E-state index contributed by atoms with van der Waals surface area (Å²) in [5, 5.41) is 4.39. The van der Waals surface area contributed by atoms with Gasteiger partial charge < -0.3 is 5.73 Å². The molecule has 0 bridgehead atoms. The average Bonchev–Trinajstić information content (AvgIpc) is 2.97. The molecule has 2 aromatic heterocycles. The van der Waals surface area contributed by atoms with Crippen molar-refractivity contribution in [3.63, 3.8) is 0 Å². The topological polar surface area (TPSA) is 56.7 Å². The van der Waals surface area contributed by atoms with Crippen LogP contribution in [0, 0.1) is 6.92 Å². The first-order chi connectivity index (χ1) is 10.1. The monoisotopic (exact) mass is 294 g/mol. The molecule has 1 aromatic carbocycles. The zero-order valence-corrected chi connectivity index (χ0v) is 12.3. The number of hydrogen-bond acceptors (Lipinski definition) is 3. The predicted molar refractivity (Wildman–Crippen MR) is 87.4 cm³/mol. The fourth-order valence-corrected chi connectivity index (χ4v) is 2.29. The molecule has 0 saturated carbocycles. The summed E-state index contributed by atoms with van der Waals surface area (Å²) in [5.74, 6) is 0.657. The number of aryl methyl sites for hydroxylation is 1. The summed E-state index contributed by atoms with van der Waals surface area (Å²) in [7, 11) is 0. The number of thiocarbonyl (C=S) groups is 1. The van der Waals surface area contributed by atoms with Crippen LogP contribution in [0.25, 0.3) is 16.9 Å². The maximum Gasteiger partial charge on any atom is 0.163 e. The molecule has 2 heterocycles. The van der Waals surface area contributed by atoms with Crippen LogP contribution in [0.5, 0.6) is 0 Å². The molecule has 0 unspecified atom stereocenters. The first kappa shape index (κ1) is 13.5. The Bertz CT molecular complexity index is 793. The smallest absolute Gasteiger partial charge is 0.163 e. The van der Waals surface area contributed by atoms with Crippen LogP contribution in [-0.2, 0) is 0 Å². The van der Waals surface area contributed by atoms with Crippen LogP contribution in [0.15, 0.2) is 54.9 Å². The quantitative estimate of drug-likeness (QED) is 0.755. The van der Waals surface area contributed by atoms with Gasteiger partial charge in [0.25, 0.3) is 0 Å². The summed E-state index contributed by atoms with van der Waals surface area (Å²) in [4.78, 5) is 4.82. The molecule has 5 heteroatoms. The third kappa shape index (κ3) is 2.68. The molecule has 104 valence electrons. The molecule has 4 nitrogen and oxygen atoms in total. The van der Waals surface area contributed by atoms with Crippen LogP contribution in [0.2, 0.25) is 0 Å². The minimum Gasteiger partial charge on any atom is -0.389 e. The molecule has 3 aromatic rings. The summed E-state index contributed by atoms with van der Waals surface area (Å²) in [6.07, 6.45) is 3.74. The van der Waals surface area contributed by atoms with Crippen molar-refractivity contribution < 1.29 is 0 Å². The predicted octanol–water partition coefficient (Wildman–Crippen LogP) is 2.88. The van der Waals surface area contributed by atoms with Gasteiger partial charge in [-0.3, -0.25) is 0 Å². The van der Waals surface area contributed by atoms with Gasteiger partial charge in [0.1, 0.15) is 4.99 Å². The molecule has 0 aliphatic heterocycles. The van der Waals surface area contributed by atoms with Crippen LogP contribution < -0.4 is 5.73 Å². The normalized spacial score (nSPS) is 10.5. The summed E-state index contributed by atoms with van der Waals surface area (Å²) in [5.41, 5.74) is 9.51. The van der Waals surface area contributed by atoms with E-state index in [9.17, 15) is 0 Å². The molecule has 0 spiro atoms. The van der Waals surface area contributed by atoms with Crippen molar-refractivity contribution in [1.82, 2.24) is 14.8 Å². The van der Waals surface area contributed by atoms with Crippen LogP contribution >= 0.6 is 12.2 Å². The molecule has 0 atom stereocenters. The van der Waals surface area contributed by atoms with E-state index in [-0.39, 0.29) is 0 Å². The second-order valence-electron chi connectivity index (χ2n) is 4.73. The fraction of sp³-hybridized carbons (Fsp3) is 0.0625. The van der Waals surface area contributed by atoms with Crippen molar-refractivity contribution in [2.24, 2.45) is 5.73 Å². The molecule has 0 radical (unpaired) electrons. The molecule has 2 N–H and O–H groups in total. The molecule has 21 heavy (non-hydrogen) atoms. The number of rotatable bonds is 3. The van der Waals surface area contributed by atoms with Crippen LogP contribution in [0.4, 0.5) is 0 Å². The maximum atomic E-state index is 5.77. The molecule has 0 aliphatic rings. The zero-order valence-electron chi connectivity index (χ0n) is 11.5. The van der Waals surface area contributed by atoms with Gasteiger partial charge in [0.05, 0.1) is 11.8 Å². The molecule has 0 amide bonds. The number of benzene rings is 1. The van der Waals surface area contributed by atoms with Crippen molar-refractivity contribution in [2.45, 2.75) is 6.92 Å². The van der Waals surface area contributed by atoms with Crippen LogP contribution in [-0.4, -0.2) is 19.8 Å². The minimum atomic E-state index is 0.314. The first-order valence-corrected chi connectivity index (χ1v) is 6.94. The van der Waals surface area contributed by atoms with E-state index < -0.39 is 0 Å². The molecule has 0 fully saturated rings. The highest BCUT2D eigenvalue weighted by Gasteiger charge is 2.11. The minimum absolute atomic E-state index is 0.314. The Labute approximate surface area is 128 Å². The highest BCUT2D eigenvalue weighted by Crippen LogP contribution is 2.20. The van der Waals surface area contributed by atoms with Crippen molar-refractivity contribution >= 4 is 17.2 Å². The number of aromatic nitrogens is 3. The summed E-state index contributed by atoms with van der Waals surface area (Å²) in [6.45, 7) is 1.93. The second kappa shape index (κ2) is 5.46. The largest absolute Gasteiger partial charge is 0.389 e. The van der Waals surface area contributed by atoms with Crippen LogP contribution in [0.3, 0.4) is 0 Å². The standard InChI is InChI=1S/C16H14N4S/c1-11-7-8-14(15(17)21)16(19-11)20-10-13(9-18-20)12-5-3-2-4-6-12/h2-10H,1H3,(H2,17,21). The third-order valence-corrected chi connectivity index (χ3v) is 3.41. The van der Waals surface area contributed by atoms with Crippen molar-refractivity contribution in [2.75, 3.05) is 0 Å². The van der Waals surface area contributed by atoms with Crippen molar-refractivity contribution in [3.8, 4) is 16.9 Å². The summed E-state index contributed by atoms with van der Waals surface area (Å²) in [6, 6.07) is 13.8. The van der Waals surface area contributed by atoms with E-state index in [1.54, 1.807) is 4.68 Å². The molecular weight excluding hydrogens is 280 g/mol. The maximum absolute atomic E-state index is 5.77. The summed E-state index contributed by atoms with van der Waals surface area (Å²) >= 11 is 5.09. The Morgan fingerprint density at radius 2 is 1.86 bits per heavy atom. The lowest BCUT2D eigenvalue weighted by Gasteiger charge is -2.08. The van der Waals surface area contributed by atoms with Gasteiger partial charge in [-0.25, -0.2) is 9.67 Å². The average molecular weight is 294 g/mol. The van der Waals surface area contributed by atoms with E-state index in [0.717, 1.165) is 22.4 Å². The number of nitrogens with zero attached hydrogens (tertiary/aromatic N) is 3. The Morgan fingerprint density at radius 1 is 1.10 bits per heavy atom. The van der Waals surface area contributed by atoms with Gasteiger partial charge in [-0.15, -0.1) is 0 Å². The van der Waals surface area contributed by atoms with E-state index in [1.165, 1.54) is 0 Å². The fourth-order valence-electron chi connectivity index (χ4n) is 2.13. The highest BCUT2D eigenvalue weighted by molar-refractivity contribution is 7.80. The van der Waals surface area contributed by atoms with Gasteiger partial charge in [0.2, 0.25) is 0 Å². The molecular formula is C16H14N4S. The lowest BCUT2D eigenvalue weighted by molar-refractivity contribution is 0.838. The lowest BCUT2D eigenvalue weighted by atomic mass is 10.1. The van der Waals surface area contributed by atoms with Gasteiger partial charge in [-0.05, 0) is 24.6 Å². The molecule has 0 aliphatic carbocycles. The van der Waals surface area contributed by atoms with Gasteiger partial charge >= 0.3 is 0 Å². The number of pyridine rings is 1. The van der Waals surface area contributed by atoms with E-state index in [0.29, 0.717) is 10.8 Å². The molecule has 0 saturated heterocycles. The van der Waals surface area contributed by atoms with Crippen molar-refractivity contribution in [3.05, 3.63) is 66.1 Å². The SMILES string of the molecule is Cc1ccc(C(N)=S)c(-n2cc(-c3ccccc3)cn2)n1. The Morgan fingerprint density at radius 3 is 2.57 bits per heavy atom. The summed E-state index contributed by atoms with van der Waals surface area (Å²) < 4.78 is 1.71.